The second-order valence-electron chi connectivity index (χ2n) is 3.74. The lowest BCUT2D eigenvalue weighted by Crippen LogP contribution is -2.19. The third-order valence-electron chi connectivity index (χ3n) is 2.49. The van der Waals surface area contributed by atoms with Crippen molar-refractivity contribution in [3.63, 3.8) is 0 Å². The second-order valence-corrected chi connectivity index (χ2v) is 3.74. The van der Waals surface area contributed by atoms with Gasteiger partial charge >= 0.3 is 6.03 Å². The molecular weight excluding hydrogens is 232 g/mol. The second kappa shape index (κ2) is 4.25. The van der Waals surface area contributed by atoms with Gasteiger partial charge in [0.15, 0.2) is 5.82 Å². The number of aromatic nitrogens is 2. The van der Waals surface area contributed by atoms with Crippen LogP contribution in [0.1, 0.15) is 0 Å². The number of carbonyl (C=O) groups excluding carboxylic acids is 1. The van der Waals surface area contributed by atoms with E-state index in [-0.39, 0.29) is 6.03 Å². The number of nitrogens with one attached hydrogen (secondary N) is 3. The monoisotopic (exact) mass is 242 g/mol. The van der Waals surface area contributed by atoms with E-state index < -0.39 is 0 Å². The molecule has 0 spiro atoms. The van der Waals surface area contributed by atoms with Gasteiger partial charge in [-0.25, -0.2) is 4.79 Å². The normalized spacial score (nSPS) is 10.4. The molecule has 6 nitrogen and oxygen atoms in total. The van der Waals surface area contributed by atoms with Crippen LogP contribution < -0.4 is 10.6 Å². The number of hydrogen-bond donors (Lipinski definition) is 3. The van der Waals surface area contributed by atoms with Gasteiger partial charge in [0.2, 0.25) is 0 Å². The predicted molar refractivity (Wildman–Crippen MR) is 67.4 cm³/mol. The van der Waals surface area contributed by atoms with Gasteiger partial charge in [-0.3, -0.25) is 5.32 Å². The van der Waals surface area contributed by atoms with E-state index in [1.807, 2.05) is 30.5 Å². The SMILES string of the molecule is O=C(Nc1ccc2[nH]ccc2c1)Nc1ccon1. The molecule has 3 N–H and O–H groups in total. The largest absolute Gasteiger partial charge is 0.363 e. The Bertz CT molecular complexity index is 672. The molecule has 2 amide bonds. The fourth-order valence-electron chi connectivity index (χ4n) is 1.69. The molecule has 0 fully saturated rings. The van der Waals surface area contributed by atoms with Gasteiger partial charge in [-0.2, -0.15) is 0 Å². The van der Waals surface area contributed by atoms with Gasteiger partial charge in [0.05, 0.1) is 0 Å². The zero-order valence-corrected chi connectivity index (χ0v) is 9.31. The number of hydrogen-bond acceptors (Lipinski definition) is 3. The average molecular weight is 242 g/mol. The van der Waals surface area contributed by atoms with Gasteiger partial charge < -0.3 is 14.8 Å². The number of aromatic amines is 1. The summed E-state index contributed by atoms with van der Waals surface area (Å²) in [5.41, 5.74) is 1.74. The quantitative estimate of drug-likeness (QED) is 0.646. The molecule has 18 heavy (non-hydrogen) atoms. The molecule has 0 aliphatic heterocycles. The Morgan fingerprint density at radius 1 is 1.22 bits per heavy atom. The molecule has 0 bridgehead atoms. The summed E-state index contributed by atoms with van der Waals surface area (Å²) in [6.45, 7) is 0. The fraction of sp³-hybridized carbons (Fsp3) is 0. The maximum atomic E-state index is 11.6. The molecule has 0 atom stereocenters. The van der Waals surface area contributed by atoms with Crippen LogP contribution in [0.3, 0.4) is 0 Å². The smallest absolute Gasteiger partial charge is 0.324 e. The number of H-pyrrole nitrogens is 1. The molecule has 3 rings (SSSR count). The Morgan fingerprint density at radius 2 is 2.17 bits per heavy atom. The van der Waals surface area contributed by atoms with E-state index >= 15 is 0 Å². The Balaban J connectivity index is 1.73. The van der Waals surface area contributed by atoms with Crippen molar-refractivity contribution in [1.29, 1.82) is 0 Å². The third kappa shape index (κ3) is 2.03. The number of amides is 2. The van der Waals surface area contributed by atoms with E-state index in [0.29, 0.717) is 11.5 Å². The Hall–Kier alpha value is -2.76. The number of urea groups is 1. The minimum Gasteiger partial charge on any atom is -0.363 e. The van der Waals surface area contributed by atoms with E-state index in [1.54, 1.807) is 6.07 Å². The van der Waals surface area contributed by atoms with Crippen molar-refractivity contribution in [2.45, 2.75) is 0 Å². The summed E-state index contributed by atoms with van der Waals surface area (Å²) >= 11 is 0. The number of fused-ring (bicyclic) bond motifs is 1. The molecule has 6 heteroatoms. The van der Waals surface area contributed by atoms with Crippen LogP contribution in [-0.4, -0.2) is 16.2 Å². The first-order chi connectivity index (χ1) is 8.81. The Kier molecular flexibility index (Phi) is 2.45. The topological polar surface area (TPSA) is 83.0 Å². The predicted octanol–water partition coefficient (Wildman–Crippen LogP) is 2.80. The first kappa shape index (κ1) is 10.4. The van der Waals surface area contributed by atoms with Crippen molar-refractivity contribution in [3.8, 4) is 0 Å². The van der Waals surface area contributed by atoms with Crippen LogP contribution in [0.25, 0.3) is 10.9 Å². The number of anilines is 2. The number of benzene rings is 1. The molecule has 0 aliphatic carbocycles. The Labute approximate surface area is 102 Å². The highest BCUT2D eigenvalue weighted by molar-refractivity contribution is 6.00. The summed E-state index contributed by atoms with van der Waals surface area (Å²) in [6, 6.07) is 8.75. The zero-order chi connectivity index (χ0) is 12.4. The van der Waals surface area contributed by atoms with Gasteiger partial charge in [-0.05, 0) is 24.3 Å². The molecule has 0 unspecified atom stereocenters. The van der Waals surface area contributed by atoms with Crippen LogP contribution in [-0.2, 0) is 0 Å². The molecule has 2 heterocycles. The molecule has 3 aromatic rings. The first-order valence-electron chi connectivity index (χ1n) is 5.37. The Morgan fingerprint density at radius 3 is 3.00 bits per heavy atom. The van der Waals surface area contributed by atoms with Crippen LogP contribution in [0.5, 0.6) is 0 Å². The summed E-state index contributed by atoms with van der Waals surface area (Å²) in [6.07, 6.45) is 3.24. The molecule has 0 saturated heterocycles. The number of rotatable bonds is 2. The van der Waals surface area contributed by atoms with Crippen molar-refractivity contribution < 1.29 is 9.32 Å². The highest BCUT2D eigenvalue weighted by Crippen LogP contribution is 2.17. The van der Waals surface area contributed by atoms with Gasteiger partial charge in [-0.1, -0.05) is 5.16 Å². The van der Waals surface area contributed by atoms with Crippen molar-refractivity contribution >= 4 is 28.4 Å². The van der Waals surface area contributed by atoms with E-state index in [2.05, 4.69) is 25.3 Å². The molecular formula is C12H10N4O2. The fourth-order valence-corrected chi connectivity index (χ4v) is 1.69. The molecule has 90 valence electrons. The van der Waals surface area contributed by atoms with Crippen molar-refractivity contribution in [1.82, 2.24) is 10.1 Å². The van der Waals surface area contributed by atoms with Crippen LogP contribution in [0.4, 0.5) is 16.3 Å². The molecule has 0 saturated carbocycles. The van der Waals surface area contributed by atoms with Crippen molar-refractivity contribution in [3.05, 3.63) is 42.8 Å². The maximum absolute atomic E-state index is 11.6. The highest BCUT2D eigenvalue weighted by Gasteiger charge is 2.05. The van der Waals surface area contributed by atoms with Gasteiger partial charge in [0.25, 0.3) is 0 Å². The van der Waals surface area contributed by atoms with Crippen LogP contribution in [0, 0.1) is 0 Å². The maximum Gasteiger partial charge on any atom is 0.324 e. The zero-order valence-electron chi connectivity index (χ0n) is 9.31. The van der Waals surface area contributed by atoms with Crippen LogP contribution in [0.15, 0.2) is 47.3 Å². The lowest BCUT2D eigenvalue weighted by Gasteiger charge is -2.05. The lowest BCUT2D eigenvalue weighted by atomic mass is 10.2. The highest BCUT2D eigenvalue weighted by atomic mass is 16.5. The average Bonchev–Trinajstić information content (AvgIpc) is 2.98. The lowest BCUT2D eigenvalue weighted by molar-refractivity contribution is 0.262. The summed E-state index contributed by atoms with van der Waals surface area (Å²) in [7, 11) is 0. The number of carbonyl (C=O) groups is 1. The molecule has 2 aromatic heterocycles. The van der Waals surface area contributed by atoms with Crippen LogP contribution in [0.2, 0.25) is 0 Å². The summed E-state index contributed by atoms with van der Waals surface area (Å²) < 4.78 is 4.62. The number of nitrogens with zero attached hydrogens (tertiary/aromatic N) is 1. The minimum atomic E-state index is -0.362. The van der Waals surface area contributed by atoms with Crippen molar-refractivity contribution in [2.75, 3.05) is 10.6 Å². The van der Waals surface area contributed by atoms with E-state index in [4.69, 9.17) is 0 Å². The van der Waals surface area contributed by atoms with Crippen LogP contribution >= 0.6 is 0 Å². The standard InChI is InChI=1S/C12H10N4O2/c17-12(15-11-4-6-18-16-11)14-9-1-2-10-8(7-9)3-5-13-10/h1-7,13H,(H2,14,15,16,17). The summed E-state index contributed by atoms with van der Waals surface area (Å²) in [5, 5.41) is 9.89. The van der Waals surface area contributed by atoms with Gasteiger partial charge in [-0.15, -0.1) is 0 Å². The minimum absolute atomic E-state index is 0.362. The van der Waals surface area contributed by atoms with Gasteiger partial charge in [0.1, 0.15) is 6.26 Å². The summed E-state index contributed by atoms with van der Waals surface area (Å²) in [4.78, 5) is 14.7. The van der Waals surface area contributed by atoms with Crippen molar-refractivity contribution in [2.24, 2.45) is 0 Å². The van der Waals surface area contributed by atoms with E-state index in [0.717, 1.165) is 10.9 Å². The third-order valence-corrected chi connectivity index (χ3v) is 2.49. The molecule has 1 aromatic carbocycles. The summed E-state index contributed by atoms with van der Waals surface area (Å²) in [5.74, 6) is 0.371. The molecule has 0 radical (unpaired) electrons. The molecule has 0 aliphatic rings. The van der Waals surface area contributed by atoms with E-state index in [9.17, 15) is 4.79 Å². The van der Waals surface area contributed by atoms with Gasteiger partial charge in [0, 0.05) is 28.9 Å². The first-order valence-corrected chi connectivity index (χ1v) is 5.37. The van der Waals surface area contributed by atoms with E-state index in [1.165, 1.54) is 6.26 Å².